The molecular formula is C26H26N4O5. The van der Waals surface area contributed by atoms with Crippen molar-refractivity contribution in [2.75, 3.05) is 18.5 Å². The van der Waals surface area contributed by atoms with Crippen LogP contribution in [0.3, 0.4) is 0 Å². The molecule has 0 radical (unpaired) electrons. The smallest absolute Gasteiger partial charge is 0.411 e. The molecule has 9 nitrogen and oxygen atoms in total. The summed E-state index contributed by atoms with van der Waals surface area (Å²) >= 11 is 0. The molecule has 9 heteroatoms. The zero-order chi connectivity index (χ0) is 24.7. The fourth-order valence-corrected chi connectivity index (χ4v) is 5.17. The van der Waals surface area contributed by atoms with E-state index in [1.807, 2.05) is 36.4 Å². The Bertz CT molecular complexity index is 1290. The normalized spacial score (nSPS) is 18.7. The van der Waals surface area contributed by atoms with Gasteiger partial charge in [-0.2, -0.15) is 5.10 Å². The van der Waals surface area contributed by atoms with E-state index in [9.17, 15) is 19.5 Å². The maximum atomic E-state index is 13.3. The number of ether oxygens (including phenoxy) is 1. The van der Waals surface area contributed by atoms with Gasteiger partial charge in [-0.05, 0) is 42.0 Å². The van der Waals surface area contributed by atoms with Gasteiger partial charge in [-0.3, -0.25) is 14.8 Å². The molecule has 2 aromatic carbocycles. The van der Waals surface area contributed by atoms with Crippen LogP contribution in [0.2, 0.25) is 0 Å². The summed E-state index contributed by atoms with van der Waals surface area (Å²) in [5.74, 6) is -1.65. The fourth-order valence-electron chi connectivity index (χ4n) is 5.17. The molecule has 1 aromatic heterocycles. The highest BCUT2D eigenvalue weighted by Gasteiger charge is 2.47. The Morgan fingerprint density at radius 1 is 1.11 bits per heavy atom. The van der Waals surface area contributed by atoms with E-state index in [0.717, 1.165) is 22.3 Å². The number of carbonyl (C=O) groups excluding carboxylic acids is 2. The number of anilines is 1. The third-order valence-corrected chi connectivity index (χ3v) is 7.07. The number of carbonyl (C=O) groups is 3. The number of benzene rings is 2. The van der Waals surface area contributed by atoms with E-state index in [2.05, 4.69) is 22.5 Å². The Hall–Kier alpha value is -4.14. The molecule has 2 heterocycles. The van der Waals surface area contributed by atoms with Crippen molar-refractivity contribution < 1.29 is 24.2 Å². The molecule has 0 unspecified atom stereocenters. The molecule has 0 saturated carbocycles. The summed E-state index contributed by atoms with van der Waals surface area (Å²) in [6, 6.07) is 16.1. The van der Waals surface area contributed by atoms with E-state index in [-0.39, 0.29) is 23.9 Å². The highest BCUT2D eigenvalue weighted by Crippen LogP contribution is 2.44. The lowest BCUT2D eigenvalue weighted by Crippen LogP contribution is -2.51. The van der Waals surface area contributed by atoms with Crippen LogP contribution in [0.4, 0.5) is 10.5 Å². The molecule has 2 N–H and O–H groups in total. The summed E-state index contributed by atoms with van der Waals surface area (Å²) in [6.45, 7) is 1.99. The number of likely N-dealkylation sites (tertiary alicyclic amines) is 1. The minimum atomic E-state index is -1.30. The van der Waals surface area contributed by atoms with Gasteiger partial charge in [0.2, 0.25) is 0 Å². The van der Waals surface area contributed by atoms with Crippen LogP contribution in [0.5, 0.6) is 0 Å². The summed E-state index contributed by atoms with van der Waals surface area (Å²) in [5.41, 5.74) is 3.43. The van der Waals surface area contributed by atoms with Crippen molar-refractivity contribution in [3.63, 3.8) is 0 Å². The Balaban J connectivity index is 1.32. The third-order valence-electron chi connectivity index (χ3n) is 7.07. The second-order valence-electron chi connectivity index (χ2n) is 9.12. The van der Waals surface area contributed by atoms with E-state index >= 15 is 0 Å². The van der Waals surface area contributed by atoms with Gasteiger partial charge in [0.1, 0.15) is 17.8 Å². The van der Waals surface area contributed by atoms with Crippen LogP contribution in [0, 0.1) is 0 Å². The molecule has 0 bridgehead atoms. The van der Waals surface area contributed by atoms with Crippen LogP contribution in [0.15, 0.2) is 54.7 Å². The molecule has 35 heavy (non-hydrogen) atoms. The fraction of sp³-hybridized carbons (Fsp3) is 0.308. The van der Waals surface area contributed by atoms with Crippen molar-refractivity contribution in [2.45, 2.75) is 31.2 Å². The van der Waals surface area contributed by atoms with Crippen LogP contribution in [-0.4, -0.2) is 56.4 Å². The van der Waals surface area contributed by atoms with Crippen LogP contribution in [0.1, 0.15) is 47.3 Å². The van der Waals surface area contributed by atoms with Gasteiger partial charge in [0.25, 0.3) is 5.91 Å². The molecule has 1 atom stereocenters. The van der Waals surface area contributed by atoms with Crippen LogP contribution >= 0.6 is 0 Å². The van der Waals surface area contributed by atoms with Crippen molar-refractivity contribution in [1.29, 1.82) is 0 Å². The van der Waals surface area contributed by atoms with E-state index in [1.165, 1.54) is 22.7 Å². The zero-order valence-electron chi connectivity index (χ0n) is 19.5. The predicted molar refractivity (Wildman–Crippen MR) is 128 cm³/mol. The minimum absolute atomic E-state index is 0.0935. The molecular weight excluding hydrogens is 448 g/mol. The molecule has 1 aliphatic carbocycles. The van der Waals surface area contributed by atoms with Gasteiger partial charge < -0.3 is 14.7 Å². The quantitative estimate of drug-likeness (QED) is 0.581. The van der Waals surface area contributed by atoms with Gasteiger partial charge in [-0.1, -0.05) is 48.5 Å². The van der Waals surface area contributed by atoms with Crippen molar-refractivity contribution in [3.8, 4) is 11.1 Å². The van der Waals surface area contributed by atoms with Crippen LogP contribution < -0.4 is 5.32 Å². The molecule has 180 valence electrons. The average Bonchev–Trinajstić information content (AvgIpc) is 3.51. The zero-order valence-corrected chi connectivity index (χ0v) is 19.5. The van der Waals surface area contributed by atoms with Gasteiger partial charge in [0.05, 0.1) is 11.9 Å². The topological polar surface area (TPSA) is 114 Å². The molecule has 1 aliphatic heterocycles. The Labute approximate surface area is 202 Å². The number of aryl methyl sites for hydroxylation is 1. The minimum Gasteiger partial charge on any atom is -0.480 e. The van der Waals surface area contributed by atoms with Gasteiger partial charge in [-0.15, -0.1) is 0 Å². The number of nitrogens with zero attached hydrogens (tertiary/aromatic N) is 3. The number of fused-ring (bicyclic) bond motifs is 3. The second kappa shape index (κ2) is 8.57. The molecule has 2 aliphatic rings. The van der Waals surface area contributed by atoms with Gasteiger partial charge >= 0.3 is 12.1 Å². The van der Waals surface area contributed by atoms with Crippen molar-refractivity contribution in [3.05, 3.63) is 71.5 Å². The van der Waals surface area contributed by atoms with E-state index in [1.54, 1.807) is 7.05 Å². The first kappa shape index (κ1) is 22.6. The SMILES string of the molecule is Cn1ncc(NC(=O)OCC2c3ccccc3-c3ccccc32)c1C(=O)N1CCC[C@@]1(C)C(=O)O. The van der Waals surface area contributed by atoms with Gasteiger partial charge in [0.15, 0.2) is 0 Å². The summed E-state index contributed by atoms with van der Waals surface area (Å²) in [7, 11) is 1.57. The summed E-state index contributed by atoms with van der Waals surface area (Å²) < 4.78 is 6.92. The number of rotatable bonds is 5. The number of amides is 2. The monoisotopic (exact) mass is 474 g/mol. The molecule has 5 rings (SSSR count). The summed E-state index contributed by atoms with van der Waals surface area (Å²) in [6.07, 6.45) is 1.60. The molecule has 3 aromatic rings. The lowest BCUT2D eigenvalue weighted by Gasteiger charge is -2.31. The third kappa shape index (κ3) is 3.73. The summed E-state index contributed by atoms with van der Waals surface area (Å²) in [4.78, 5) is 39.2. The molecule has 1 saturated heterocycles. The largest absolute Gasteiger partial charge is 0.480 e. The average molecular weight is 475 g/mol. The molecule has 2 amide bonds. The Morgan fingerprint density at radius 3 is 2.37 bits per heavy atom. The first-order valence-corrected chi connectivity index (χ1v) is 11.5. The van der Waals surface area contributed by atoms with Crippen LogP contribution in [-0.2, 0) is 16.6 Å². The number of aliphatic carboxylic acids is 1. The number of hydrogen-bond donors (Lipinski definition) is 2. The standard InChI is InChI=1S/C26H26N4O5/c1-26(24(32)33)12-7-13-30(26)23(31)22-21(14-27-29(22)2)28-25(34)35-15-20-18-10-5-3-8-16(18)17-9-4-6-11-19(17)20/h3-6,8-11,14,20H,7,12-13,15H2,1-2H3,(H,28,34)(H,32,33)/t26-/m0/s1. The number of carboxylic acid groups (broad SMARTS) is 1. The first-order chi connectivity index (χ1) is 16.8. The van der Waals surface area contributed by atoms with Gasteiger partial charge in [0, 0.05) is 19.5 Å². The number of nitrogens with one attached hydrogen (secondary N) is 1. The van der Waals surface area contributed by atoms with E-state index < -0.39 is 23.5 Å². The Kier molecular flexibility index (Phi) is 5.55. The summed E-state index contributed by atoms with van der Waals surface area (Å²) in [5, 5.41) is 16.4. The molecule has 0 spiro atoms. The van der Waals surface area contributed by atoms with E-state index in [4.69, 9.17) is 4.74 Å². The van der Waals surface area contributed by atoms with Gasteiger partial charge in [-0.25, -0.2) is 9.59 Å². The highest BCUT2D eigenvalue weighted by molar-refractivity contribution is 6.03. The maximum Gasteiger partial charge on any atom is 0.411 e. The van der Waals surface area contributed by atoms with Crippen molar-refractivity contribution >= 4 is 23.7 Å². The first-order valence-electron chi connectivity index (χ1n) is 11.5. The number of aromatic nitrogens is 2. The Morgan fingerprint density at radius 2 is 1.74 bits per heavy atom. The van der Waals surface area contributed by atoms with E-state index in [0.29, 0.717) is 19.4 Å². The molecule has 1 fully saturated rings. The highest BCUT2D eigenvalue weighted by atomic mass is 16.5. The van der Waals surface area contributed by atoms with Crippen LogP contribution in [0.25, 0.3) is 11.1 Å². The van der Waals surface area contributed by atoms with Crippen molar-refractivity contribution in [2.24, 2.45) is 7.05 Å². The maximum absolute atomic E-state index is 13.3. The number of carboxylic acids is 1. The lowest BCUT2D eigenvalue weighted by atomic mass is 9.98. The van der Waals surface area contributed by atoms with Crippen molar-refractivity contribution in [1.82, 2.24) is 14.7 Å². The predicted octanol–water partition coefficient (Wildman–Crippen LogP) is 3.86. The lowest BCUT2D eigenvalue weighted by molar-refractivity contribution is -0.147. The second-order valence-corrected chi connectivity index (χ2v) is 9.12. The number of hydrogen-bond acceptors (Lipinski definition) is 5.